The summed E-state index contributed by atoms with van der Waals surface area (Å²) in [6, 6.07) is 13.4. The van der Waals surface area contributed by atoms with Crippen molar-refractivity contribution < 1.29 is 28.4 Å². The molecular weight excluding hydrogens is 531 g/mol. The quantitative estimate of drug-likeness (QED) is 0.286. The first kappa shape index (κ1) is 27.5. The molecule has 2 atom stereocenters. The standard InChI is InChI=1S/C30H27FN4O6/c1-17-27(30(37)34-26-8-3-4-13-32-26)28(29-21(33-17)6-5-7-23(29)36)18-9-12-24(40-2)19(14-18)16-41-25-15-20(31)10-11-22(25)35(38)39/h3-4,6,8-15,28-29,33H,5,7,16H2,1-2H3,(H,32,34,37). The van der Waals surface area contributed by atoms with Crippen LogP contribution >= 0.6 is 0 Å². The van der Waals surface area contributed by atoms with Gasteiger partial charge < -0.3 is 20.1 Å². The maximum Gasteiger partial charge on any atom is 0.311 e. The number of amides is 1. The van der Waals surface area contributed by atoms with E-state index in [4.69, 9.17) is 9.47 Å². The number of methoxy groups -OCH3 is 1. The molecule has 210 valence electrons. The summed E-state index contributed by atoms with van der Waals surface area (Å²) in [5.74, 6) is -1.79. The number of rotatable bonds is 8. The Labute approximate surface area is 235 Å². The van der Waals surface area contributed by atoms with Gasteiger partial charge in [-0.25, -0.2) is 9.37 Å². The molecule has 1 amide bonds. The van der Waals surface area contributed by atoms with Crippen LogP contribution in [0.2, 0.25) is 0 Å². The number of ether oxygens (including phenoxy) is 2. The molecule has 2 aromatic carbocycles. The molecule has 0 saturated heterocycles. The van der Waals surface area contributed by atoms with Gasteiger partial charge in [0.1, 0.15) is 29.8 Å². The second-order valence-electron chi connectivity index (χ2n) is 9.68. The number of carbonyl (C=O) groups is 2. The number of hydrogen-bond donors (Lipinski definition) is 2. The van der Waals surface area contributed by atoms with Gasteiger partial charge in [-0.3, -0.25) is 19.7 Å². The van der Waals surface area contributed by atoms with Crippen LogP contribution in [0.4, 0.5) is 15.9 Å². The molecule has 41 heavy (non-hydrogen) atoms. The lowest BCUT2D eigenvalue weighted by Gasteiger charge is -2.38. The second kappa shape index (κ2) is 11.6. The highest BCUT2D eigenvalue weighted by molar-refractivity contribution is 6.06. The number of aromatic nitrogens is 1. The average molecular weight is 559 g/mol. The van der Waals surface area contributed by atoms with E-state index in [1.165, 1.54) is 7.11 Å². The van der Waals surface area contributed by atoms with Crippen LogP contribution in [0, 0.1) is 21.8 Å². The van der Waals surface area contributed by atoms with Gasteiger partial charge in [-0.15, -0.1) is 0 Å². The van der Waals surface area contributed by atoms with E-state index >= 15 is 0 Å². The number of benzene rings is 2. The number of hydrogen-bond acceptors (Lipinski definition) is 8. The first-order valence-electron chi connectivity index (χ1n) is 12.9. The van der Waals surface area contributed by atoms with Crippen LogP contribution in [0.3, 0.4) is 0 Å². The van der Waals surface area contributed by atoms with Gasteiger partial charge in [0.25, 0.3) is 5.91 Å². The van der Waals surface area contributed by atoms with E-state index in [1.807, 2.05) is 6.08 Å². The normalized spacial score (nSPS) is 18.1. The number of ketones is 1. The minimum atomic E-state index is -0.680. The van der Waals surface area contributed by atoms with E-state index in [1.54, 1.807) is 49.5 Å². The van der Waals surface area contributed by atoms with E-state index in [2.05, 4.69) is 15.6 Å². The molecule has 10 nitrogen and oxygen atoms in total. The minimum Gasteiger partial charge on any atom is -0.496 e. The highest BCUT2D eigenvalue weighted by atomic mass is 19.1. The number of anilines is 1. The zero-order chi connectivity index (χ0) is 29.1. The lowest BCUT2D eigenvalue weighted by Crippen LogP contribution is -2.41. The number of nitrogens with one attached hydrogen (secondary N) is 2. The highest BCUT2D eigenvalue weighted by Crippen LogP contribution is 2.44. The van der Waals surface area contributed by atoms with Crippen LogP contribution in [-0.4, -0.2) is 28.7 Å². The number of pyridine rings is 1. The smallest absolute Gasteiger partial charge is 0.311 e. The average Bonchev–Trinajstić information content (AvgIpc) is 2.95. The summed E-state index contributed by atoms with van der Waals surface area (Å²) < 4.78 is 25.1. The number of allylic oxidation sites excluding steroid dienone is 3. The Hall–Kier alpha value is -5.06. The van der Waals surface area contributed by atoms with Crippen LogP contribution in [0.1, 0.15) is 36.8 Å². The van der Waals surface area contributed by atoms with Gasteiger partial charge in [0, 0.05) is 53.2 Å². The first-order chi connectivity index (χ1) is 19.8. The largest absolute Gasteiger partial charge is 0.496 e. The Morgan fingerprint density at radius 1 is 1.17 bits per heavy atom. The molecule has 1 aromatic heterocycles. The molecule has 0 bridgehead atoms. The van der Waals surface area contributed by atoms with Crippen molar-refractivity contribution in [2.24, 2.45) is 5.92 Å². The monoisotopic (exact) mass is 558 g/mol. The van der Waals surface area contributed by atoms with E-state index in [-0.39, 0.29) is 23.8 Å². The fourth-order valence-corrected chi connectivity index (χ4v) is 5.31. The summed E-state index contributed by atoms with van der Waals surface area (Å²) >= 11 is 0. The Morgan fingerprint density at radius 3 is 2.73 bits per heavy atom. The fourth-order valence-electron chi connectivity index (χ4n) is 5.31. The van der Waals surface area contributed by atoms with Crippen LogP contribution in [0.5, 0.6) is 11.5 Å². The van der Waals surface area contributed by atoms with Gasteiger partial charge in [-0.2, -0.15) is 0 Å². The molecule has 0 spiro atoms. The van der Waals surface area contributed by atoms with Crippen LogP contribution in [-0.2, 0) is 16.2 Å². The maximum absolute atomic E-state index is 13.9. The van der Waals surface area contributed by atoms with Gasteiger partial charge in [-0.05, 0) is 49.2 Å². The number of halogens is 1. The molecule has 0 saturated carbocycles. The van der Waals surface area contributed by atoms with Crippen molar-refractivity contribution >= 4 is 23.2 Å². The maximum atomic E-state index is 13.9. The summed E-state index contributed by atoms with van der Waals surface area (Å²) in [6.07, 6.45) is 4.49. The van der Waals surface area contributed by atoms with Gasteiger partial charge in [-0.1, -0.05) is 18.2 Å². The molecule has 0 fully saturated rings. The molecule has 2 aliphatic rings. The Kier molecular flexibility index (Phi) is 7.77. The van der Waals surface area contributed by atoms with Gasteiger partial charge in [0.05, 0.1) is 18.0 Å². The van der Waals surface area contributed by atoms with Gasteiger partial charge in [0.15, 0.2) is 5.75 Å². The fraction of sp³-hybridized carbons (Fsp3) is 0.233. The number of nitrogens with zero attached hydrogens (tertiary/aromatic N) is 2. The molecule has 2 N–H and O–H groups in total. The van der Waals surface area contributed by atoms with Crippen LogP contribution in [0.25, 0.3) is 0 Å². The van der Waals surface area contributed by atoms with Crippen molar-refractivity contribution in [1.82, 2.24) is 10.3 Å². The minimum absolute atomic E-state index is 0.000334. The second-order valence-corrected chi connectivity index (χ2v) is 9.68. The molecule has 2 unspecified atom stereocenters. The molecule has 5 rings (SSSR count). The first-order valence-corrected chi connectivity index (χ1v) is 12.9. The van der Waals surface area contributed by atoms with E-state index in [9.17, 15) is 24.1 Å². The van der Waals surface area contributed by atoms with E-state index in [0.29, 0.717) is 46.8 Å². The highest BCUT2D eigenvalue weighted by Gasteiger charge is 2.43. The summed E-state index contributed by atoms with van der Waals surface area (Å²) in [5, 5.41) is 17.5. The predicted molar refractivity (Wildman–Crippen MR) is 148 cm³/mol. The van der Waals surface area contributed by atoms with E-state index < -0.39 is 28.5 Å². The molecule has 1 aliphatic heterocycles. The van der Waals surface area contributed by atoms with Crippen LogP contribution < -0.4 is 20.1 Å². The Bertz CT molecular complexity index is 1590. The third-order valence-electron chi connectivity index (χ3n) is 7.13. The van der Waals surface area contributed by atoms with Crippen molar-refractivity contribution in [2.75, 3.05) is 12.4 Å². The zero-order valence-corrected chi connectivity index (χ0v) is 22.3. The Morgan fingerprint density at radius 2 is 2.00 bits per heavy atom. The zero-order valence-electron chi connectivity index (χ0n) is 22.3. The summed E-state index contributed by atoms with van der Waals surface area (Å²) in [7, 11) is 1.47. The lowest BCUT2D eigenvalue weighted by molar-refractivity contribution is -0.386. The lowest BCUT2D eigenvalue weighted by atomic mass is 9.70. The van der Waals surface area contributed by atoms with Crippen molar-refractivity contribution in [2.45, 2.75) is 32.3 Å². The molecule has 3 aromatic rings. The molecule has 0 radical (unpaired) electrons. The number of carbonyl (C=O) groups excluding carboxylic acids is 2. The molecule has 2 heterocycles. The molecule has 11 heteroatoms. The Balaban J connectivity index is 1.55. The number of Topliss-reactive ketones (excluding diaryl/α,β-unsaturated/α-hetero) is 1. The summed E-state index contributed by atoms with van der Waals surface area (Å²) in [4.78, 5) is 41.9. The van der Waals surface area contributed by atoms with E-state index in [0.717, 1.165) is 23.9 Å². The number of fused-ring (bicyclic) bond motifs is 1. The topological polar surface area (TPSA) is 133 Å². The van der Waals surface area contributed by atoms with Gasteiger partial charge in [0.2, 0.25) is 0 Å². The third kappa shape index (κ3) is 5.65. The van der Waals surface area contributed by atoms with Crippen LogP contribution in [0.15, 0.2) is 83.8 Å². The number of nitro benzene ring substituents is 1. The molecule has 1 aliphatic carbocycles. The van der Waals surface area contributed by atoms with Crippen molar-refractivity contribution in [3.05, 3.63) is 111 Å². The number of nitro groups is 1. The third-order valence-corrected chi connectivity index (χ3v) is 7.13. The molecular formula is C30H27FN4O6. The van der Waals surface area contributed by atoms with Crippen molar-refractivity contribution in [3.8, 4) is 11.5 Å². The van der Waals surface area contributed by atoms with Gasteiger partial charge >= 0.3 is 5.69 Å². The van der Waals surface area contributed by atoms with Crippen molar-refractivity contribution in [1.29, 1.82) is 0 Å². The summed E-state index contributed by atoms with van der Waals surface area (Å²) in [6.45, 7) is 1.60. The summed E-state index contributed by atoms with van der Waals surface area (Å²) in [5.41, 5.74) is 2.49. The SMILES string of the molecule is COc1ccc(C2C(C(=O)Nc3ccccn3)=C(C)NC3=CCCC(=O)C32)cc1COc1cc(F)ccc1[N+](=O)[O-]. The predicted octanol–water partition coefficient (Wildman–Crippen LogP) is 5.18. The van der Waals surface area contributed by atoms with Crippen molar-refractivity contribution in [3.63, 3.8) is 0 Å².